The quantitative estimate of drug-likeness (QED) is 0.685. The molecule has 7 heteroatoms. The first-order valence-corrected chi connectivity index (χ1v) is 12.6. The Morgan fingerprint density at radius 1 is 0.903 bits per heavy atom. The predicted molar refractivity (Wildman–Crippen MR) is 121 cm³/mol. The Kier molecular flexibility index (Phi) is 7.06. The van der Waals surface area contributed by atoms with E-state index in [9.17, 15) is 12.8 Å². The smallest absolute Gasteiger partial charge is 0.243 e. The zero-order valence-electron chi connectivity index (χ0n) is 18.2. The number of likely N-dealkylation sites (N-methyl/N-ethyl adjacent to an activating group) is 1. The Bertz CT molecular complexity index is 965. The molecule has 0 radical (unpaired) electrons. The van der Waals surface area contributed by atoms with Gasteiger partial charge in [-0.05, 0) is 61.6 Å². The highest BCUT2D eigenvalue weighted by molar-refractivity contribution is 7.89. The minimum Gasteiger partial charge on any atom is -0.304 e. The molecule has 168 valence electrons. The van der Waals surface area contributed by atoms with Gasteiger partial charge in [-0.25, -0.2) is 12.8 Å². The third-order valence-electron chi connectivity index (χ3n) is 6.56. The van der Waals surface area contributed by atoms with Crippen LogP contribution in [0.1, 0.15) is 24.0 Å². The first-order chi connectivity index (χ1) is 14.9. The summed E-state index contributed by atoms with van der Waals surface area (Å²) in [6, 6.07) is 14.2. The Labute approximate surface area is 185 Å². The molecule has 2 heterocycles. The molecule has 0 aliphatic carbocycles. The number of hydrogen-bond acceptors (Lipinski definition) is 4. The lowest BCUT2D eigenvalue weighted by atomic mass is 9.91. The highest BCUT2D eigenvalue weighted by atomic mass is 32.2. The lowest BCUT2D eigenvalue weighted by Gasteiger charge is -2.32. The average molecular weight is 446 g/mol. The summed E-state index contributed by atoms with van der Waals surface area (Å²) in [5, 5.41) is 0. The van der Waals surface area contributed by atoms with E-state index in [1.807, 2.05) is 0 Å². The second-order valence-electron chi connectivity index (χ2n) is 8.90. The predicted octanol–water partition coefficient (Wildman–Crippen LogP) is 3.22. The largest absolute Gasteiger partial charge is 0.304 e. The lowest BCUT2D eigenvalue weighted by Crippen LogP contribution is -2.43. The fourth-order valence-electron chi connectivity index (χ4n) is 4.51. The maximum Gasteiger partial charge on any atom is 0.243 e. The van der Waals surface area contributed by atoms with Crippen LogP contribution in [0.2, 0.25) is 0 Å². The molecule has 0 atom stereocenters. The van der Waals surface area contributed by atoms with E-state index in [1.54, 1.807) is 0 Å². The van der Waals surface area contributed by atoms with Gasteiger partial charge in [-0.15, -0.1) is 0 Å². The summed E-state index contributed by atoms with van der Waals surface area (Å²) >= 11 is 0. The van der Waals surface area contributed by atoms with Crippen LogP contribution in [0.15, 0.2) is 53.4 Å². The summed E-state index contributed by atoms with van der Waals surface area (Å²) in [6.07, 6.45) is 2.64. The van der Waals surface area contributed by atoms with Gasteiger partial charge in [-0.2, -0.15) is 4.31 Å². The van der Waals surface area contributed by atoms with Crippen LogP contribution in [-0.4, -0.2) is 68.8 Å². The third kappa shape index (κ3) is 5.71. The molecule has 2 aromatic carbocycles. The van der Waals surface area contributed by atoms with Crippen molar-refractivity contribution in [2.24, 2.45) is 5.92 Å². The Hall–Kier alpha value is -1.80. The maximum absolute atomic E-state index is 13.5. The third-order valence-corrected chi connectivity index (χ3v) is 8.45. The van der Waals surface area contributed by atoms with Crippen molar-refractivity contribution in [1.82, 2.24) is 14.1 Å². The second kappa shape index (κ2) is 9.77. The molecule has 2 aromatic rings. The van der Waals surface area contributed by atoms with Gasteiger partial charge in [0.1, 0.15) is 5.82 Å². The molecule has 4 rings (SSSR count). The number of benzene rings is 2. The van der Waals surface area contributed by atoms with Crippen LogP contribution in [0.3, 0.4) is 0 Å². The standard InChI is InChI=1S/C24H32FN3O2S/c1-26-13-15-27(16-14-26)19-22-7-5-20(6-8-22)17-21-9-11-28(12-10-21)31(29,30)24-4-2-3-23(25)18-24/h2-8,18,21H,9-17,19H2,1H3. The van der Waals surface area contributed by atoms with E-state index in [2.05, 4.69) is 41.1 Å². The summed E-state index contributed by atoms with van der Waals surface area (Å²) in [5.41, 5.74) is 2.66. The van der Waals surface area contributed by atoms with Gasteiger partial charge < -0.3 is 4.90 Å². The monoisotopic (exact) mass is 445 g/mol. The Morgan fingerprint density at radius 3 is 2.19 bits per heavy atom. The van der Waals surface area contributed by atoms with Gasteiger partial charge in [0.2, 0.25) is 10.0 Å². The van der Waals surface area contributed by atoms with Crippen molar-refractivity contribution in [1.29, 1.82) is 0 Å². The van der Waals surface area contributed by atoms with E-state index >= 15 is 0 Å². The van der Waals surface area contributed by atoms with E-state index < -0.39 is 15.8 Å². The van der Waals surface area contributed by atoms with Gasteiger partial charge in [0.15, 0.2) is 0 Å². The number of hydrogen-bond donors (Lipinski definition) is 0. The summed E-state index contributed by atoms with van der Waals surface area (Å²) < 4.78 is 40.5. The van der Waals surface area contributed by atoms with Crippen molar-refractivity contribution in [3.05, 3.63) is 65.5 Å². The van der Waals surface area contributed by atoms with Crippen molar-refractivity contribution < 1.29 is 12.8 Å². The normalized spacial score (nSPS) is 20.2. The second-order valence-corrected chi connectivity index (χ2v) is 10.8. The fraction of sp³-hybridized carbons (Fsp3) is 0.500. The van der Waals surface area contributed by atoms with Gasteiger partial charge in [0.05, 0.1) is 4.90 Å². The van der Waals surface area contributed by atoms with Crippen LogP contribution in [-0.2, 0) is 23.0 Å². The fourth-order valence-corrected chi connectivity index (χ4v) is 6.01. The van der Waals surface area contributed by atoms with E-state index in [1.165, 1.54) is 33.6 Å². The molecule has 5 nitrogen and oxygen atoms in total. The molecule has 2 fully saturated rings. The SMILES string of the molecule is CN1CCN(Cc2ccc(CC3CCN(S(=O)(=O)c4cccc(F)c4)CC3)cc2)CC1. The van der Waals surface area contributed by atoms with Gasteiger partial charge >= 0.3 is 0 Å². The number of halogens is 1. The zero-order valence-corrected chi connectivity index (χ0v) is 19.0. The maximum atomic E-state index is 13.5. The van der Waals surface area contributed by atoms with Crippen molar-refractivity contribution >= 4 is 10.0 Å². The van der Waals surface area contributed by atoms with E-state index in [4.69, 9.17) is 0 Å². The van der Waals surface area contributed by atoms with Gasteiger partial charge in [0, 0.05) is 45.8 Å². The van der Waals surface area contributed by atoms with Crippen LogP contribution in [0.25, 0.3) is 0 Å². The molecule has 2 aliphatic heterocycles. The van der Waals surface area contributed by atoms with Crippen LogP contribution < -0.4 is 0 Å². The topological polar surface area (TPSA) is 43.9 Å². The average Bonchev–Trinajstić information content (AvgIpc) is 2.77. The minimum atomic E-state index is -3.62. The molecule has 0 saturated carbocycles. The summed E-state index contributed by atoms with van der Waals surface area (Å²) in [5.74, 6) is -0.0468. The van der Waals surface area contributed by atoms with Crippen LogP contribution >= 0.6 is 0 Å². The molecule has 2 saturated heterocycles. The number of nitrogens with zero attached hydrogens (tertiary/aromatic N) is 3. The molecule has 31 heavy (non-hydrogen) atoms. The highest BCUT2D eigenvalue weighted by Gasteiger charge is 2.29. The molecule has 0 bridgehead atoms. The number of piperidine rings is 1. The Morgan fingerprint density at radius 2 is 1.55 bits per heavy atom. The van der Waals surface area contributed by atoms with Gasteiger partial charge in [-0.1, -0.05) is 30.3 Å². The van der Waals surface area contributed by atoms with Gasteiger partial charge in [0.25, 0.3) is 0 Å². The van der Waals surface area contributed by atoms with Crippen LogP contribution in [0.4, 0.5) is 4.39 Å². The summed E-state index contributed by atoms with van der Waals surface area (Å²) in [7, 11) is -1.44. The first kappa shape index (κ1) is 22.4. The molecular weight excluding hydrogens is 413 g/mol. The molecule has 0 spiro atoms. The van der Waals surface area contributed by atoms with E-state index in [0.717, 1.165) is 58.1 Å². The molecular formula is C24H32FN3O2S. The van der Waals surface area contributed by atoms with Crippen molar-refractivity contribution in [2.45, 2.75) is 30.7 Å². The molecule has 0 N–H and O–H groups in total. The van der Waals surface area contributed by atoms with E-state index in [0.29, 0.717) is 19.0 Å². The molecule has 0 aromatic heterocycles. The first-order valence-electron chi connectivity index (χ1n) is 11.1. The molecule has 2 aliphatic rings. The molecule has 0 amide bonds. The zero-order chi connectivity index (χ0) is 21.8. The molecule has 0 unspecified atom stereocenters. The summed E-state index contributed by atoms with van der Waals surface area (Å²) in [4.78, 5) is 4.92. The number of piperazine rings is 1. The number of rotatable bonds is 6. The van der Waals surface area contributed by atoms with Crippen molar-refractivity contribution in [3.63, 3.8) is 0 Å². The minimum absolute atomic E-state index is 0.0434. The highest BCUT2D eigenvalue weighted by Crippen LogP contribution is 2.26. The van der Waals surface area contributed by atoms with E-state index in [-0.39, 0.29) is 4.90 Å². The van der Waals surface area contributed by atoms with Gasteiger partial charge in [-0.3, -0.25) is 4.90 Å². The van der Waals surface area contributed by atoms with Crippen molar-refractivity contribution in [3.8, 4) is 0 Å². The Balaban J connectivity index is 1.28. The summed E-state index contributed by atoms with van der Waals surface area (Å²) in [6.45, 7) is 6.49. The lowest BCUT2D eigenvalue weighted by molar-refractivity contribution is 0.148. The van der Waals surface area contributed by atoms with Crippen LogP contribution in [0, 0.1) is 11.7 Å². The van der Waals surface area contributed by atoms with Crippen LogP contribution in [0.5, 0.6) is 0 Å². The number of sulfonamides is 1. The van der Waals surface area contributed by atoms with Crippen molar-refractivity contribution in [2.75, 3.05) is 46.3 Å².